The van der Waals surface area contributed by atoms with Gasteiger partial charge in [0.2, 0.25) is 0 Å². The smallest absolute Gasteiger partial charge is 0.270 e. The number of nitro groups is 1. The number of nitrogens with zero attached hydrogens (tertiary/aromatic N) is 1. The number of benzene rings is 1. The molecule has 0 atom stereocenters. The number of non-ortho nitro benzene ring substituents is 1. The highest BCUT2D eigenvalue weighted by atomic mass is 19.1. The minimum Gasteiger partial charge on any atom is -0.294 e. The summed E-state index contributed by atoms with van der Waals surface area (Å²) in [5.74, 6) is -1.26. The van der Waals surface area contributed by atoms with Crippen LogP contribution < -0.4 is 0 Å². The molecule has 4 nitrogen and oxygen atoms in total. The van der Waals surface area contributed by atoms with E-state index >= 15 is 0 Å². The second-order valence-electron chi connectivity index (χ2n) is 2.48. The zero-order valence-corrected chi connectivity index (χ0v) is 6.78. The van der Waals surface area contributed by atoms with Gasteiger partial charge in [-0.05, 0) is 13.0 Å². The highest BCUT2D eigenvalue weighted by Gasteiger charge is 2.13. The van der Waals surface area contributed by atoms with Crippen molar-refractivity contribution < 1.29 is 14.1 Å². The van der Waals surface area contributed by atoms with Crippen LogP contribution in [-0.2, 0) is 0 Å². The van der Waals surface area contributed by atoms with Gasteiger partial charge in [-0.1, -0.05) is 0 Å². The number of hydrogen-bond donors (Lipinski definition) is 0. The van der Waals surface area contributed by atoms with E-state index in [2.05, 4.69) is 0 Å². The molecule has 13 heavy (non-hydrogen) atoms. The Balaban J connectivity index is 3.27. The standard InChI is InChI=1S/C8H6FNO3/c1-5(11)7-4-6(10(12)13)2-3-8(7)9/h2-4H,1H3. The molecule has 0 saturated carbocycles. The van der Waals surface area contributed by atoms with Gasteiger partial charge in [0.25, 0.3) is 5.69 Å². The van der Waals surface area contributed by atoms with Crippen molar-refractivity contribution in [1.82, 2.24) is 0 Å². The molecule has 0 fully saturated rings. The van der Waals surface area contributed by atoms with E-state index in [0.717, 1.165) is 25.1 Å². The lowest BCUT2D eigenvalue weighted by Crippen LogP contribution is -1.98. The summed E-state index contributed by atoms with van der Waals surface area (Å²) in [7, 11) is 0. The summed E-state index contributed by atoms with van der Waals surface area (Å²) >= 11 is 0. The van der Waals surface area contributed by atoms with Gasteiger partial charge in [0, 0.05) is 12.1 Å². The van der Waals surface area contributed by atoms with E-state index in [0.29, 0.717) is 0 Å². The van der Waals surface area contributed by atoms with Crippen molar-refractivity contribution in [2.45, 2.75) is 6.92 Å². The molecule has 0 bridgehead atoms. The molecule has 0 unspecified atom stereocenters. The lowest BCUT2D eigenvalue weighted by atomic mass is 10.1. The van der Waals surface area contributed by atoms with E-state index < -0.39 is 16.5 Å². The van der Waals surface area contributed by atoms with Crippen LogP contribution in [0.25, 0.3) is 0 Å². The van der Waals surface area contributed by atoms with E-state index in [9.17, 15) is 19.3 Å². The molecule has 1 aromatic carbocycles. The second kappa shape index (κ2) is 3.30. The van der Waals surface area contributed by atoms with Gasteiger partial charge < -0.3 is 0 Å². The van der Waals surface area contributed by atoms with Crippen LogP contribution in [-0.4, -0.2) is 10.7 Å². The van der Waals surface area contributed by atoms with Crippen LogP contribution >= 0.6 is 0 Å². The van der Waals surface area contributed by atoms with Crippen LogP contribution in [0.1, 0.15) is 17.3 Å². The van der Waals surface area contributed by atoms with Gasteiger partial charge in [-0.25, -0.2) is 4.39 Å². The minimum absolute atomic E-state index is 0.255. The molecular formula is C8H6FNO3. The molecule has 0 aliphatic carbocycles. The topological polar surface area (TPSA) is 60.2 Å². The molecule has 0 heterocycles. The maximum Gasteiger partial charge on any atom is 0.270 e. The predicted molar refractivity (Wildman–Crippen MR) is 43.1 cm³/mol. The van der Waals surface area contributed by atoms with Crippen molar-refractivity contribution in [1.29, 1.82) is 0 Å². The third-order valence-corrected chi connectivity index (χ3v) is 1.54. The number of carbonyl (C=O) groups is 1. The van der Waals surface area contributed by atoms with Crippen LogP contribution in [0, 0.1) is 15.9 Å². The quantitative estimate of drug-likeness (QED) is 0.400. The summed E-state index contributed by atoms with van der Waals surface area (Å²) in [4.78, 5) is 20.4. The number of hydrogen-bond acceptors (Lipinski definition) is 3. The summed E-state index contributed by atoms with van der Waals surface area (Å²) in [5, 5.41) is 10.3. The molecule has 0 saturated heterocycles. The minimum atomic E-state index is -0.738. The van der Waals surface area contributed by atoms with Crippen molar-refractivity contribution in [3.05, 3.63) is 39.7 Å². The van der Waals surface area contributed by atoms with Crippen molar-refractivity contribution >= 4 is 11.5 Å². The highest BCUT2D eigenvalue weighted by molar-refractivity contribution is 5.94. The van der Waals surface area contributed by atoms with Gasteiger partial charge in [0.1, 0.15) is 5.82 Å². The fourth-order valence-corrected chi connectivity index (χ4v) is 0.897. The second-order valence-corrected chi connectivity index (χ2v) is 2.48. The Labute approximate surface area is 73.1 Å². The summed E-state index contributed by atoms with van der Waals surface area (Å²) in [6.45, 7) is 1.15. The van der Waals surface area contributed by atoms with Gasteiger partial charge in [-0.3, -0.25) is 14.9 Å². The first-order valence-electron chi connectivity index (χ1n) is 3.47. The number of nitro benzene ring substituents is 1. The lowest BCUT2D eigenvalue weighted by Gasteiger charge is -1.97. The molecule has 0 amide bonds. The van der Waals surface area contributed by atoms with Crippen molar-refractivity contribution in [2.24, 2.45) is 0 Å². The van der Waals surface area contributed by atoms with Gasteiger partial charge in [-0.15, -0.1) is 0 Å². The fourth-order valence-electron chi connectivity index (χ4n) is 0.897. The first-order chi connectivity index (χ1) is 6.02. The zero-order valence-electron chi connectivity index (χ0n) is 6.78. The maximum atomic E-state index is 12.8. The summed E-state index contributed by atoms with van der Waals surface area (Å²) in [6.07, 6.45) is 0. The van der Waals surface area contributed by atoms with E-state index in [1.807, 2.05) is 0 Å². The first kappa shape index (κ1) is 9.31. The first-order valence-corrected chi connectivity index (χ1v) is 3.47. The van der Waals surface area contributed by atoms with Gasteiger partial charge in [-0.2, -0.15) is 0 Å². The van der Waals surface area contributed by atoms with Crippen LogP contribution in [0.2, 0.25) is 0 Å². The number of Topliss-reactive ketones (excluding diaryl/α,β-unsaturated/α-hetero) is 1. The van der Waals surface area contributed by atoms with Gasteiger partial charge in [0.05, 0.1) is 10.5 Å². The Bertz CT molecular complexity index is 376. The zero-order chi connectivity index (χ0) is 10.0. The Hall–Kier alpha value is -1.78. The molecule has 0 aromatic heterocycles. The van der Waals surface area contributed by atoms with Crippen LogP contribution in [0.3, 0.4) is 0 Å². The van der Waals surface area contributed by atoms with E-state index in [-0.39, 0.29) is 11.3 Å². The van der Waals surface area contributed by atoms with Gasteiger partial charge in [0.15, 0.2) is 5.78 Å². The van der Waals surface area contributed by atoms with Crippen LogP contribution in [0.5, 0.6) is 0 Å². The Morgan fingerprint density at radius 3 is 2.62 bits per heavy atom. The Morgan fingerprint density at radius 1 is 1.54 bits per heavy atom. The summed E-state index contributed by atoms with van der Waals surface area (Å²) in [5.41, 5.74) is -0.541. The Kier molecular flexibility index (Phi) is 2.36. The number of carbonyl (C=O) groups excluding carboxylic acids is 1. The van der Waals surface area contributed by atoms with Gasteiger partial charge >= 0.3 is 0 Å². The average Bonchev–Trinajstić information content (AvgIpc) is 2.04. The summed E-state index contributed by atoms with van der Waals surface area (Å²) in [6, 6.07) is 2.86. The normalized spacial score (nSPS) is 9.69. The van der Waals surface area contributed by atoms with E-state index in [4.69, 9.17) is 0 Å². The van der Waals surface area contributed by atoms with Crippen molar-refractivity contribution in [2.75, 3.05) is 0 Å². The average molecular weight is 183 g/mol. The molecule has 0 spiro atoms. The predicted octanol–water partition coefficient (Wildman–Crippen LogP) is 1.94. The largest absolute Gasteiger partial charge is 0.294 e. The van der Waals surface area contributed by atoms with E-state index in [1.165, 1.54) is 0 Å². The molecule has 0 N–H and O–H groups in total. The van der Waals surface area contributed by atoms with E-state index in [1.54, 1.807) is 0 Å². The molecule has 0 aliphatic rings. The fraction of sp³-hybridized carbons (Fsp3) is 0.125. The highest BCUT2D eigenvalue weighted by Crippen LogP contribution is 2.16. The number of ketones is 1. The monoisotopic (exact) mass is 183 g/mol. The third-order valence-electron chi connectivity index (χ3n) is 1.54. The molecular weight excluding hydrogens is 177 g/mol. The molecule has 1 aromatic rings. The van der Waals surface area contributed by atoms with Crippen molar-refractivity contribution in [3.8, 4) is 0 Å². The Morgan fingerprint density at radius 2 is 2.15 bits per heavy atom. The third kappa shape index (κ3) is 1.87. The number of rotatable bonds is 2. The molecule has 1 rings (SSSR count). The lowest BCUT2D eigenvalue weighted by molar-refractivity contribution is -0.384. The molecule has 5 heteroatoms. The summed E-state index contributed by atoms with van der Waals surface area (Å²) < 4.78 is 12.8. The van der Waals surface area contributed by atoms with Crippen LogP contribution in [0.15, 0.2) is 18.2 Å². The molecule has 68 valence electrons. The van der Waals surface area contributed by atoms with Crippen LogP contribution in [0.4, 0.5) is 10.1 Å². The maximum absolute atomic E-state index is 12.8. The SMILES string of the molecule is CC(=O)c1cc([N+](=O)[O-])ccc1F. The molecule has 0 radical (unpaired) electrons. The van der Waals surface area contributed by atoms with Crippen molar-refractivity contribution in [3.63, 3.8) is 0 Å². The molecule has 0 aliphatic heterocycles. The number of halogens is 1.